The van der Waals surface area contributed by atoms with E-state index in [1.807, 2.05) is 0 Å². The largest absolute Gasteiger partial charge is 0.418 e. The molecule has 1 aromatic heterocycles. The van der Waals surface area contributed by atoms with E-state index in [9.17, 15) is 13.2 Å². The number of hydrogen-bond donors (Lipinski definition) is 2. The molecule has 1 aromatic carbocycles. The van der Waals surface area contributed by atoms with Crippen molar-refractivity contribution in [2.24, 2.45) is 10.8 Å². The van der Waals surface area contributed by atoms with Gasteiger partial charge in [-0.3, -0.25) is 5.43 Å². The van der Waals surface area contributed by atoms with Crippen molar-refractivity contribution in [3.8, 4) is 5.69 Å². The first-order valence-electron chi connectivity index (χ1n) is 5.81. The highest BCUT2D eigenvalue weighted by Gasteiger charge is 2.33. The average Bonchev–Trinajstić information content (AvgIpc) is 2.86. The highest BCUT2D eigenvalue weighted by atomic mass is 32.1. The number of rotatable bonds is 3. The van der Waals surface area contributed by atoms with E-state index in [4.69, 9.17) is 5.73 Å². The average molecular weight is 312 g/mol. The maximum absolute atomic E-state index is 13.0. The number of nitrogens with one attached hydrogen (secondary N) is 1. The van der Waals surface area contributed by atoms with Crippen molar-refractivity contribution >= 4 is 23.5 Å². The highest BCUT2D eigenvalue weighted by Crippen LogP contribution is 2.33. The Morgan fingerprint density at radius 1 is 1.29 bits per heavy atom. The van der Waals surface area contributed by atoms with E-state index >= 15 is 0 Å². The standard InChI is InChI=1S/C13H11F3N4S/c14-13(15,16)10-3-1-2-4-11(10)20-6-5-9(8-20)7-18-19-12(17)21/h1-8H,(H3,17,19,21)/b18-7-. The fraction of sp³-hybridized carbons (Fsp3) is 0.0769. The smallest absolute Gasteiger partial charge is 0.375 e. The summed E-state index contributed by atoms with van der Waals surface area (Å²) < 4.78 is 40.2. The number of nitrogens with zero attached hydrogens (tertiary/aromatic N) is 2. The molecular formula is C13H11F3N4S. The van der Waals surface area contributed by atoms with Crippen molar-refractivity contribution in [2.75, 3.05) is 0 Å². The molecule has 0 saturated heterocycles. The van der Waals surface area contributed by atoms with Gasteiger partial charge < -0.3 is 10.3 Å². The third kappa shape index (κ3) is 3.82. The molecule has 21 heavy (non-hydrogen) atoms. The number of aromatic nitrogens is 1. The van der Waals surface area contributed by atoms with Crippen LogP contribution in [0.2, 0.25) is 0 Å². The SMILES string of the molecule is NC(=S)N/N=C\c1ccn(-c2ccccc2C(F)(F)F)c1. The van der Waals surface area contributed by atoms with E-state index in [1.165, 1.54) is 35.3 Å². The lowest BCUT2D eigenvalue weighted by Gasteiger charge is -2.13. The molecule has 3 N–H and O–H groups in total. The van der Waals surface area contributed by atoms with Gasteiger partial charge in [-0.2, -0.15) is 18.3 Å². The van der Waals surface area contributed by atoms with Crippen LogP contribution in [0.1, 0.15) is 11.1 Å². The van der Waals surface area contributed by atoms with Crippen LogP contribution in [-0.4, -0.2) is 15.9 Å². The van der Waals surface area contributed by atoms with Gasteiger partial charge in [0.2, 0.25) is 0 Å². The van der Waals surface area contributed by atoms with E-state index in [-0.39, 0.29) is 10.8 Å². The molecule has 0 aliphatic heterocycles. The van der Waals surface area contributed by atoms with E-state index in [0.717, 1.165) is 6.07 Å². The number of alkyl halides is 3. The molecule has 110 valence electrons. The van der Waals surface area contributed by atoms with Gasteiger partial charge in [0.25, 0.3) is 0 Å². The summed E-state index contributed by atoms with van der Waals surface area (Å²) in [5.41, 5.74) is 7.52. The molecule has 0 fully saturated rings. The molecule has 2 aromatic rings. The summed E-state index contributed by atoms with van der Waals surface area (Å²) in [6.07, 6.45) is 0.0380. The number of hydrazone groups is 1. The van der Waals surface area contributed by atoms with E-state index in [0.29, 0.717) is 5.56 Å². The second-order valence-electron chi connectivity index (χ2n) is 4.10. The molecule has 0 aliphatic carbocycles. The molecule has 0 saturated carbocycles. The van der Waals surface area contributed by atoms with E-state index in [2.05, 4.69) is 22.7 Å². The van der Waals surface area contributed by atoms with Crippen LogP contribution in [0.5, 0.6) is 0 Å². The van der Waals surface area contributed by atoms with Gasteiger partial charge in [0.1, 0.15) is 0 Å². The molecule has 0 bridgehead atoms. The van der Waals surface area contributed by atoms with Crippen molar-refractivity contribution in [3.63, 3.8) is 0 Å². The summed E-state index contributed by atoms with van der Waals surface area (Å²) in [5.74, 6) is 0. The van der Waals surface area contributed by atoms with Crippen LogP contribution in [0.4, 0.5) is 13.2 Å². The van der Waals surface area contributed by atoms with Crippen LogP contribution < -0.4 is 11.2 Å². The van der Waals surface area contributed by atoms with Crippen LogP contribution in [0.3, 0.4) is 0 Å². The molecule has 0 amide bonds. The highest BCUT2D eigenvalue weighted by molar-refractivity contribution is 7.80. The quantitative estimate of drug-likeness (QED) is 0.520. The van der Waals surface area contributed by atoms with Gasteiger partial charge in [0.15, 0.2) is 5.11 Å². The van der Waals surface area contributed by atoms with Crippen LogP contribution in [0, 0.1) is 0 Å². The Balaban J connectivity index is 2.30. The Hall–Kier alpha value is -2.35. The predicted molar refractivity (Wildman–Crippen MR) is 78.3 cm³/mol. The van der Waals surface area contributed by atoms with Crippen molar-refractivity contribution in [1.29, 1.82) is 0 Å². The summed E-state index contributed by atoms with van der Waals surface area (Å²) >= 11 is 4.57. The maximum atomic E-state index is 13.0. The van der Waals surface area contributed by atoms with Gasteiger partial charge >= 0.3 is 6.18 Å². The second-order valence-corrected chi connectivity index (χ2v) is 4.54. The zero-order chi connectivity index (χ0) is 15.5. The fourth-order valence-electron chi connectivity index (χ4n) is 1.75. The Kier molecular flexibility index (Phi) is 4.27. The lowest BCUT2D eigenvalue weighted by atomic mass is 10.1. The topological polar surface area (TPSA) is 55.3 Å². The molecule has 0 radical (unpaired) electrons. The van der Waals surface area contributed by atoms with Gasteiger partial charge in [0, 0.05) is 18.0 Å². The monoisotopic (exact) mass is 312 g/mol. The third-order valence-electron chi connectivity index (χ3n) is 2.59. The van der Waals surface area contributed by atoms with Crippen LogP contribution in [0.25, 0.3) is 5.69 Å². The lowest BCUT2D eigenvalue weighted by molar-refractivity contribution is -0.137. The molecule has 1 heterocycles. The van der Waals surface area contributed by atoms with Crippen molar-refractivity contribution in [1.82, 2.24) is 9.99 Å². The Bertz CT molecular complexity index is 676. The number of halogens is 3. The van der Waals surface area contributed by atoms with Crippen LogP contribution in [0.15, 0.2) is 47.8 Å². The molecule has 0 unspecified atom stereocenters. The number of nitrogens with two attached hydrogens (primary N) is 1. The summed E-state index contributed by atoms with van der Waals surface area (Å²) in [6.45, 7) is 0. The van der Waals surface area contributed by atoms with Crippen LogP contribution in [-0.2, 0) is 6.18 Å². The van der Waals surface area contributed by atoms with E-state index < -0.39 is 11.7 Å². The number of benzene rings is 1. The maximum Gasteiger partial charge on any atom is 0.418 e. The number of hydrogen-bond acceptors (Lipinski definition) is 2. The van der Waals surface area contributed by atoms with Gasteiger partial charge in [-0.25, -0.2) is 0 Å². The first-order valence-corrected chi connectivity index (χ1v) is 6.22. The predicted octanol–water partition coefficient (Wildman–Crippen LogP) is 2.66. The van der Waals surface area contributed by atoms with Crippen molar-refractivity contribution in [3.05, 3.63) is 53.9 Å². The van der Waals surface area contributed by atoms with Gasteiger partial charge in [-0.05, 0) is 30.4 Å². The molecule has 0 atom stereocenters. The third-order valence-corrected chi connectivity index (χ3v) is 2.68. The zero-order valence-corrected chi connectivity index (χ0v) is 11.4. The Morgan fingerprint density at radius 2 is 2.00 bits per heavy atom. The number of para-hydroxylation sites is 1. The van der Waals surface area contributed by atoms with Gasteiger partial charge in [-0.1, -0.05) is 12.1 Å². The molecule has 2 rings (SSSR count). The minimum Gasteiger partial charge on any atom is -0.375 e. The number of thiocarbonyl (C=S) groups is 1. The minimum absolute atomic E-state index is 0.00750. The minimum atomic E-state index is -4.41. The first-order chi connectivity index (χ1) is 9.88. The zero-order valence-electron chi connectivity index (χ0n) is 10.6. The van der Waals surface area contributed by atoms with Crippen molar-refractivity contribution < 1.29 is 13.2 Å². The molecular weight excluding hydrogens is 301 g/mol. The molecule has 8 heteroatoms. The first kappa shape index (κ1) is 15.0. The summed E-state index contributed by atoms with van der Waals surface area (Å²) in [6, 6.07) is 6.96. The normalized spacial score (nSPS) is 11.8. The van der Waals surface area contributed by atoms with Crippen LogP contribution >= 0.6 is 12.2 Å². The fourth-order valence-corrected chi connectivity index (χ4v) is 1.80. The van der Waals surface area contributed by atoms with E-state index in [1.54, 1.807) is 12.1 Å². The van der Waals surface area contributed by atoms with Gasteiger partial charge in [-0.15, -0.1) is 0 Å². The molecule has 4 nitrogen and oxygen atoms in total. The lowest BCUT2D eigenvalue weighted by Crippen LogP contribution is -2.23. The summed E-state index contributed by atoms with van der Waals surface area (Å²) in [5, 5.41) is 3.75. The molecule has 0 spiro atoms. The Labute approximate surface area is 124 Å². The summed E-state index contributed by atoms with van der Waals surface area (Å²) in [7, 11) is 0. The Morgan fingerprint density at radius 3 is 2.67 bits per heavy atom. The van der Waals surface area contributed by atoms with Crippen molar-refractivity contribution in [2.45, 2.75) is 6.18 Å². The molecule has 0 aliphatic rings. The second kappa shape index (κ2) is 5.96. The van der Waals surface area contributed by atoms with Gasteiger partial charge in [0.05, 0.1) is 17.5 Å². The summed E-state index contributed by atoms with van der Waals surface area (Å²) in [4.78, 5) is 0.